The number of aryl methyl sites for hydroxylation is 2. The van der Waals surface area contributed by atoms with Crippen molar-refractivity contribution >= 4 is 11.9 Å². The van der Waals surface area contributed by atoms with Gasteiger partial charge in [-0.3, -0.25) is 4.79 Å². The molecular formula is C15H21NO5. The number of aliphatic carboxylic acids is 1. The first kappa shape index (κ1) is 15.6. The molecule has 0 aliphatic carbocycles. The maximum atomic E-state index is 12.5. The fourth-order valence-corrected chi connectivity index (χ4v) is 2.58. The van der Waals surface area contributed by atoms with Gasteiger partial charge in [0.2, 0.25) is 0 Å². The molecule has 116 valence electrons. The molecule has 2 rings (SSSR count). The second kappa shape index (κ2) is 6.30. The van der Waals surface area contributed by atoms with Gasteiger partial charge in [-0.05, 0) is 25.0 Å². The minimum atomic E-state index is -1.05. The van der Waals surface area contributed by atoms with Crippen LogP contribution in [-0.4, -0.2) is 47.2 Å². The summed E-state index contributed by atoms with van der Waals surface area (Å²) in [4.78, 5) is 25.1. The summed E-state index contributed by atoms with van der Waals surface area (Å²) in [7, 11) is 0. The van der Waals surface area contributed by atoms with Crippen LogP contribution >= 0.6 is 0 Å². The number of carboxylic acids is 1. The standard InChI is InChI=1S/C15H21NO5/c1-4-10-6-12(21-11(10)5-2)14(17)16-7-9(3)20-13(8-16)15(18)19/h6,9,13H,4-5,7-8H2,1-3H3,(H,18,19)/t9-,13?/m1/s1. The first-order valence-corrected chi connectivity index (χ1v) is 7.25. The van der Waals surface area contributed by atoms with Gasteiger partial charge < -0.3 is 19.2 Å². The Kier molecular flexibility index (Phi) is 4.67. The lowest BCUT2D eigenvalue weighted by Gasteiger charge is -2.34. The van der Waals surface area contributed by atoms with E-state index >= 15 is 0 Å². The first-order valence-electron chi connectivity index (χ1n) is 7.25. The molecule has 1 unspecified atom stereocenters. The molecule has 6 heteroatoms. The van der Waals surface area contributed by atoms with E-state index in [1.54, 1.807) is 13.0 Å². The van der Waals surface area contributed by atoms with E-state index in [1.807, 2.05) is 13.8 Å². The van der Waals surface area contributed by atoms with Gasteiger partial charge in [-0.1, -0.05) is 13.8 Å². The fraction of sp³-hybridized carbons (Fsp3) is 0.600. The van der Waals surface area contributed by atoms with Gasteiger partial charge in [0.25, 0.3) is 5.91 Å². The zero-order chi connectivity index (χ0) is 15.6. The summed E-state index contributed by atoms with van der Waals surface area (Å²) in [5.74, 6) is -0.230. The Bertz CT molecular complexity index is 515. The van der Waals surface area contributed by atoms with Gasteiger partial charge in [0.1, 0.15) is 5.76 Å². The number of carbonyl (C=O) groups excluding carboxylic acids is 1. The van der Waals surface area contributed by atoms with Crippen LogP contribution in [0.25, 0.3) is 0 Å². The molecule has 2 heterocycles. The molecule has 1 fully saturated rings. The quantitative estimate of drug-likeness (QED) is 0.914. The fourth-order valence-electron chi connectivity index (χ4n) is 2.58. The predicted molar refractivity (Wildman–Crippen MR) is 75.3 cm³/mol. The highest BCUT2D eigenvalue weighted by Gasteiger charge is 2.34. The number of furan rings is 1. The van der Waals surface area contributed by atoms with Crippen LogP contribution in [0, 0.1) is 0 Å². The van der Waals surface area contributed by atoms with Gasteiger partial charge in [-0.25, -0.2) is 4.79 Å². The van der Waals surface area contributed by atoms with Crippen LogP contribution < -0.4 is 0 Å². The number of hydrogen-bond donors (Lipinski definition) is 1. The lowest BCUT2D eigenvalue weighted by atomic mass is 10.1. The van der Waals surface area contributed by atoms with Crippen molar-refractivity contribution in [3.63, 3.8) is 0 Å². The molecule has 2 atom stereocenters. The Morgan fingerprint density at radius 1 is 1.33 bits per heavy atom. The number of nitrogens with zero attached hydrogens (tertiary/aromatic N) is 1. The van der Waals surface area contributed by atoms with Crippen molar-refractivity contribution in [2.45, 2.75) is 45.8 Å². The molecule has 0 radical (unpaired) electrons. The number of amides is 1. The first-order chi connectivity index (χ1) is 9.96. The molecule has 1 aliphatic rings. The van der Waals surface area contributed by atoms with Gasteiger partial charge in [-0.15, -0.1) is 0 Å². The van der Waals surface area contributed by atoms with Crippen LogP contribution in [-0.2, 0) is 22.4 Å². The van der Waals surface area contributed by atoms with Gasteiger partial charge in [0.15, 0.2) is 11.9 Å². The van der Waals surface area contributed by atoms with E-state index in [1.165, 1.54) is 4.90 Å². The predicted octanol–water partition coefficient (Wildman–Crippen LogP) is 1.72. The Balaban J connectivity index is 2.18. The molecule has 1 aliphatic heterocycles. The SMILES string of the molecule is CCc1cc(C(=O)N2CC(C(=O)O)O[C@H](C)C2)oc1CC. The largest absolute Gasteiger partial charge is 0.479 e. The van der Waals surface area contributed by atoms with E-state index in [2.05, 4.69) is 0 Å². The van der Waals surface area contributed by atoms with Crippen LogP contribution in [0.3, 0.4) is 0 Å². The maximum Gasteiger partial charge on any atom is 0.334 e. The molecule has 6 nitrogen and oxygen atoms in total. The van der Waals surface area contributed by atoms with E-state index < -0.39 is 12.1 Å². The van der Waals surface area contributed by atoms with Gasteiger partial charge in [-0.2, -0.15) is 0 Å². The van der Waals surface area contributed by atoms with Crippen LogP contribution in [0.4, 0.5) is 0 Å². The number of carbonyl (C=O) groups is 2. The highest BCUT2D eigenvalue weighted by molar-refractivity contribution is 5.92. The highest BCUT2D eigenvalue weighted by atomic mass is 16.5. The van der Waals surface area contributed by atoms with E-state index in [0.717, 1.165) is 24.2 Å². The molecule has 1 amide bonds. The number of morpholine rings is 1. The Hall–Kier alpha value is -1.82. The van der Waals surface area contributed by atoms with E-state index in [9.17, 15) is 9.59 Å². The molecule has 1 aromatic rings. The zero-order valence-electron chi connectivity index (χ0n) is 12.6. The minimum absolute atomic E-state index is 0.0438. The number of ether oxygens (including phenoxy) is 1. The molecule has 21 heavy (non-hydrogen) atoms. The van der Waals surface area contributed by atoms with Crippen molar-refractivity contribution < 1.29 is 23.8 Å². The average molecular weight is 295 g/mol. The summed E-state index contributed by atoms with van der Waals surface area (Å²) < 4.78 is 10.9. The monoisotopic (exact) mass is 295 g/mol. The third-order valence-corrected chi connectivity index (χ3v) is 3.63. The van der Waals surface area contributed by atoms with E-state index in [-0.39, 0.29) is 24.3 Å². The van der Waals surface area contributed by atoms with Gasteiger partial charge in [0.05, 0.1) is 12.6 Å². The molecule has 0 saturated carbocycles. The Morgan fingerprint density at radius 2 is 2.05 bits per heavy atom. The van der Waals surface area contributed by atoms with Crippen LogP contribution in [0.5, 0.6) is 0 Å². The van der Waals surface area contributed by atoms with Crippen molar-refractivity contribution in [1.29, 1.82) is 0 Å². The average Bonchev–Trinajstić information content (AvgIpc) is 2.88. The van der Waals surface area contributed by atoms with Crippen LogP contribution in [0.1, 0.15) is 42.6 Å². The Morgan fingerprint density at radius 3 is 2.57 bits per heavy atom. The van der Waals surface area contributed by atoms with Crippen molar-refractivity contribution in [3.05, 3.63) is 23.2 Å². The second-order valence-corrected chi connectivity index (χ2v) is 5.25. The summed E-state index contributed by atoms with van der Waals surface area (Å²) in [6.07, 6.45) is 0.240. The highest BCUT2D eigenvalue weighted by Crippen LogP contribution is 2.20. The normalized spacial score (nSPS) is 22.3. The van der Waals surface area contributed by atoms with Crippen molar-refractivity contribution in [2.24, 2.45) is 0 Å². The summed E-state index contributed by atoms with van der Waals surface area (Å²) in [6.45, 7) is 6.15. The third kappa shape index (κ3) is 3.26. The third-order valence-electron chi connectivity index (χ3n) is 3.63. The molecule has 0 spiro atoms. The Labute approximate surface area is 123 Å². The second-order valence-electron chi connectivity index (χ2n) is 5.25. The van der Waals surface area contributed by atoms with Gasteiger partial charge in [0, 0.05) is 13.0 Å². The smallest absolute Gasteiger partial charge is 0.334 e. The van der Waals surface area contributed by atoms with Crippen LogP contribution in [0.2, 0.25) is 0 Å². The summed E-state index contributed by atoms with van der Waals surface area (Å²) in [6, 6.07) is 1.76. The summed E-state index contributed by atoms with van der Waals surface area (Å²) in [5.41, 5.74) is 1.02. The van der Waals surface area contributed by atoms with Crippen LogP contribution in [0.15, 0.2) is 10.5 Å². The molecule has 1 N–H and O–H groups in total. The summed E-state index contributed by atoms with van der Waals surface area (Å²) >= 11 is 0. The molecule has 1 aromatic heterocycles. The number of rotatable bonds is 4. The van der Waals surface area contributed by atoms with Crippen molar-refractivity contribution in [3.8, 4) is 0 Å². The van der Waals surface area contributed by atoms with E-state index in [0.29, 0.717) is 6.54 Å². The lowest BCUT2D eigenvalue weighted by Crippen LogP contribution is -2.51. The minimum Gasteiger partial charge on any atom is -0.479 e. The van der Waals surface area contributed by atoms with E-state index in [4.69, 9.17) is 14.3 Å². The van der Waals surface area contributed by atoms with Gasteiger partial charge >= 0.3 is 5.97 Å². The lowest BCUT2D eigenvalue weighted by molar-refractivity contribution is -0.160. The molecule has 0 aromatic carbocycles. The topological polar surface area (TPSA) is 80.0 Å². The molecule has 1 saturated heterocycles. The number of carboxylic acid groups (broad SMARTS) is 1. The molecular weight excluding hydrogens is 274 g/mol. The zero-order valence-corrected chi connectivity index (χ0v) is 12.6. The van der Waals surface area contributed by atoms with Crippen molar-refractivity contribution in [2.75, 3.05) is 13.1 Å². The van der Waals surface area contributed by atoms with Crippen molar-refractivity contribution in [1.82, 2.24) is 4.90 Å². The molecule has 0 bridgehead atoms. The number of hydrogen-bond acceptors (Lipinski definition) is 4. The summed E-state index contributed by atoms with van der Waals surface area (Å²) in [5, 5.41) is 9.06. The maximum absolute atomic E-state index is 12.5.